The second-order valence-electron chi connectivity index (χ2n) is 7.29. The average molecular weight is 482 g/mol. The molecule has 0 heterocycles. The van der Waals surface area contributed by atoms with Gasteiger partial charge in [-0.25, -0.2) is 4.79 Å². The van der Waals surface area contributed by atoms with Crippen molar-refractivity contribution in [1.82, 2.24) is 5.32 Å². The third kappa shape index (κ3) is 7.83. The molecule has 0 saturated heterocycles. The Labute approximate surface area is 202 Å². The summed E-state index contributed by atoms with van der Waals surface area (Å²) in [5.41, 5.74) is 7.29. The van der Waals surface area contributed by atoms with Crippen molar-refractivity contribution in [3.05, 3.63) is 95.0 Å². The molecule has 3 aromatic carbocycles. The van der Waals surface area contributed by atoms with Crippen LogP contribution in [0.25, 0.3) is 0 Å². The van der Waals surface area contributed by atoms with Crippen molar-refractivity contribution in [2.24, 2.45) is 5.73 Å². The van der Waals surface area contributed by atoms with Gasteiger partial charge in [0.2, 0.25) is 0 Å². The SMILES string of the molecule is NC(=O)NC(CC(=O)OCC(=O)Nc1ccc(OCc2ccccc2)cc1)c1ccccc1Cl. The van der Waals surface area contributed by atoms with Gasteiger partial charge in [-0.3, -0.25) is 9.59 Å². The van der Waals surface area contributed by atoms with Crippen LogP contribution in [0.5, 0.6) is 5.75 Å². The molecule has 3 rings (SSSR count). The zero-order chi connectivity index (χ0) is 24.3. The number of nitrogens with one attached hydrogen (secondary N) is 2. The summed E-state index contributed by atoms with van der Waals surface area (Å²) in [4.78, 5) is 35.8. The van der Waals surface area contributed by atoms with E-state index in [1.165, 1.54) is 0 Å². The van der Waals surface area contributed by atoms with Gasteiger partial charge < -0.3 is 25.8 Å². The number of ether oxygens (including phenoxy) is 2. The summed E-state index contributed by atoms with van der Waals surface area (Å²) in [5, 5.41) is 5.47. The van der Waals surface area contributed by atoms with Crippen LogP contribution in [-0.4, -0.2) is 24.5 Å². The fraction of sp³-hybridized carbons (Fsp3) is 0.160. The number of primary amides is 1. The minimum atomic E-state index is -0.813. The molecule has 8 nitrogen and oxygen atoms in total. The Morgan fingerprint density at radius 1 is 0.912 bits per heavy atom. The summed E-state index contributed by atoms with van der Waals surface area (Å²) >= 11 is 6.15. The van der Waals surface area contributed by atoms with E-state index < -0.39 is 30.6 Å². The number of nitrogens with two attached hydrogens (primary N) is 1. The van der Waals surface area contributed by atoms with E-state index in [0.29, 0.717) is 28.6 Å². The van der Waals surface area contributed by atoms with Crippen LogP contribution < -0.4 is 21.1 Å². The standard InChI is InChI=1S/C25H24ClN3O5/c26-21-9-5-4-8-20(21)22(29-25(27)32)14-24(31)34-16-23(30)28-18-10-12-19(13-11-18)33-15-17-6-2-1-3-7-17/h1-13,22H,14-16H2,(H,28,30)(H3,27,29,32). The first-order valence-corrected chi connectivity index (χ1v) is 10.8. The number of hydrogen-bond acceptors (Lipinski definition) is 5. The van der Waals surface area contributed by atoms with Gasteiger partial charge in [-0.1, -0.05) is 60.1 Å². The highest BCUT2D eigenvalue weighted by molar-refractivity contribution is 6.31. The van der Waals surface area contributed by atoms with E-state index in [-0.39, 0.29) is 6.42 Å². The Bertz CT molecular complexity index is 1120. The molecular formula is C25H24ClN3O5. The summed E-state index contributed by atoms with van der Waals surface area (Å²) in [6, 6.07) is 21.7. The molecule has 1 atom stereocenters. The summed E-state index contributed by atoms with van der Waals surface area (Å²) in [6.45, 7) is -0.0563. The predicted octanol–water partition coefficient (Wildman–Crippen LogP) is 4.20. The number of urea groups is 1. The van der Waals surface area contributed by atoms with Crippen LogP contribution in [0.3, 0.4) is 0 Å². The minimum Gasteiger partial charge on any atom is -0.489 e. The van der Waals surface area contributed by atoms with Crippen LogP contribution >= 0.6 is 11.6 Å². The monoisotopic (exact) mass is 481 g/mol. The Morgan fingerprint density at radius 2 is 1.59 bits per heavy atom. The van der Waals surface area contributed by atoms with E-state index in [4.69, 9.17) is 26.8 Å². The molecule has 4 N–H and O–H groups in total. The molecule has 1 unspecified atom stereocenters. The van der Waals surface area contributed by atoms with Gasteiger partial charge >= 0.3 is 12.0 Å². The fourth-order valence-electron chi connectivity index (χ4n) is 3.11. The fourth-order valence-corrected chi connectivity index (χ4v) is 3.38. The maximum Gasteiger partial charge on any atom is 0.312 e. The molecule has 0 aliphatic carbocycles. The molecule has 34 heavy (non-hydrogen) atoms. The Kier molecular flexibility index (Phi) is 8.88. The van der Waals surface area contributed by atoms with Crippen molar-refractivity contribution in [1.29, 1.82) is 0 Å². The lowest BCUT2D eigenvalue weighted by Crippen LogP contribution is -2.35. The van der Waals surface area contributed by atoms with Crippen molar-refractivity contribution in [2.75, 3.05) is 11.9 Å². The van der Waals surface area contributed by atoms with E-state index in [1.54, 1.807) is 48.5 Å². The molecule has 176 valence electrons. The lowest BCUT2D eigenvalue weighted by Gasteiger charge is -2.18. The van der Waals surface area contributed by atoms with Gasteiger partial charge in [0.25, 0.3) is 5.91 Å². The first-order valence-electron chi connectivity index (χ1n) is 10.4. The van der Waals surface area contributed by atoms with E-state index in [9.17, 15) is 14.4 Å². The van der Waals surface area contributed by atoms with Gasteiger partial charge in [-0.15, -0.1) is 0 Å². The Balaban J connectivity index is 1.46. The summed E-state index contributed by atoms with van der Waals surface area (Å²) in [7, 11) is 0. The van der Waals surface area contributed by atoms with E-state index >= 15 is 0 Å². The van der Waals surface area contributed by atoms with Crippen molar-refractivity contribution >= 4 is 35.2 Å². The summed E-state index contributed by atoms with van der Waals surface area (Å²) in [5.74, 6) is -0.553. The molecule has 3 aromatic rings. The molecule has 0 aliphatic heterocycles. The molecule has 0 aliphatic rings. The zero-order valence-electron chi connectivity index (χ0n) is 18.2. The van der Waals surface area contributed by atoms with Gasteiger partial charge in [0.15, 0.2) is 6.61 Å². The zero-order valence-corrected chi connectivity index (χ0v) is 19.0. The highest BCUT2D eigenvalue weighted by atomic mass is 35.5. The van der Waals surface area contributed by atoms with Crippen molar-refractivity contribution in [3.8, 4) is 5.75 Å². The van der Waals surface area contributed by atoms with Crippen LogP contribution in [0.1, 0.15) is 23.6 Å². The normalized spacial score (nSPS) is 11.2. The van der Waals surface area contributed by atoms with Crippen LogP contribution in [-0.2, 0) is 20.9 Å². The number of rotatable bonds is 10. The third-order valence-corrected chi connectivity index (χ3v) is 5.06. The molecule has 0 aromatic heterocycles. The van der Waals surface area contributed by atoms with Crippen molar-refractivity contribution in [2.45, 2.75) is 19.1 Å². The lowest BCUT2D eigenvalue weighted by atomic mass is 10.0. The largest absolute Gasteiger partial charge is 0.489 e. The number of esters is 1. The van der Waals surface area contributed by atoms with E-state index in [0.717, 1.165) is 5.56 Å². The average Bonchev–Trinajstić information content (AvgIpc) is 2.83. The smallest absolute Gasteiger partial charge is 0.312 e. The number of hydrogen-bond donors (Lipinski definition) is 3. The first-order chi connectivity index (χ1) is 16.4. The van der Waals surface area contributed by atoms with Gasteiger partial charge in [0, 0.05) is 10.7 Å². The maximum atomic E-state index is 12.3. The number of amides is 3. The van der Waals surface area contributed by atoms with Crippen LogP contribution in [0.2, 0.25) is 5.02 Å². The highest BCUT2D eigenvalue weighted by Crippen LogP contribution is 2.25. The molecule has 0 saturated carbocycles. The molecule has 9 heteroatoms. The second kappa shape index (κ2) is 12.3. The number of carbonyl (C=O) groups is 3. The van der Waals surface area contributed by atoms with Crippen molar-refractivity contribution < 1.29 is 23.9 Å². The van der Waals surface area contributed by atoms with Crippen LogP contribution in [0.15, 0.2) is 78.9 Å². The number of anilines is 1. The third-order valence-electron chi connectivity index (χ3n) is 4.72. The highest BCUT2D eigenvalue weighted by Gasteiger charge is 2.21. The van der Waals surface area contributed by atoms with Crippen LogP contribution in [0.4, 0.5) is 10.5 Å². The Morgan fingerprint density at radius 3 is 2.26 bits per heavy atom. The molecule has 0 radical (unpaired) electrons. The number of halogens is 1. The summed E-state index contributed by atoms with van der Waals surface area (Å²) in [6.07, 6.45) is -0.243. The van der Waals surface area contributed by atoms with Gasteiger partial charge in [0.05, 0.1) is 12.5 Å². The van der Waals surface area contributed by atoms with E-state index in [2.05, 4.69) is 10.6 Å². The van der Waals surface area contributed by atoms with Gasteiger partial charge in [-0.2, -0.15) is 0 Å². The topological polar surface area (TPSA) is 120 Å². The maximum absolute atomic E-state index is 12.3. The molecule has 0 spiro atoms. The molecule has 0 fully saturated rings. The molecule has 0 bridgehead atoms. The number of benzene rings is 3. The first kappa shape index (κ1) is 24.6. The lowest BCUT2D eigenvalue weighted by molar-refractivity contribution is -0.147. The quantitative estimate of drug-likeness (QED) is 0.375. The molecule has 3 amide bonds. The second-order valence-corrected chi connectivity index (χ2v) is 7.70. The van der Waals surface area contributed by atoms with Gasteiger partial charge in [0.1, 0.15) is 12.4 Å². The predicted molar refractivity (Wildman–Crippen MR) is 128 cm³/mol. The Hall–Kier alpha value is -4.04. The number of carbonyl (C=O) groups excluding carboxylic acids is 3. The molecular weight excluding hydrogens is 458 g/mol. The van der Waals surface area contributed by atoms with E-state index in [1.807, 2.05) is 30.3 Å². The van der Waals surface area contributed by atoms with Crippen LogP contribution in [0, 0.1) is 0 Å². The van der Waals surface area contributed by atoms with Crippen molar-refractivity contribution in [3.63, 3.8) is 0 Å². The summed E-state index contributed by atoms with van der Waals surface area (Å²) < 4.78 is 10.8. The minimum absolute atomic E-state index is 0.243. The van der Waals surface area contributed by atoms with Gasteiger partial charge in [-0.05, 0) is 41.5 Å².